The summed E-state index contributed by atoms with van der Waals surface area (Å²) in [5.41, 5.74) is 8.02. The first-order chi connectivity index (χ1) is 9.25. The summed E-state index contributed by atoms with van der Waals surface area (Å²) in [7, 11) is 0. The number of carbonyl (C=O) groups is 1. The maximum absolute atomic E-state index is 12.1. The molecule has 1 heterocycles. The zero-order valence-corrected chi connectivity index (χ0v) is 11.1. The molecule has 1 aliphatic heterocycles. The second-order valence-electron chi connectivity index (χ2n) is 4.46. The minimum Gasteiger partial charge on any atom is -0.324 e. The van der Waals surface area contributed by atoms with Crippen LogP contribution in [0.2, 0.25) is 0 Å². The third-order valence-corrected chi connectivity index (χ3v) is 4.59. The van der Waals surface area contributed by atoms with Crippen molar-refractivity contribution in [2.45, 2.75) is 16.2 Å². The van der Waals surface area contributed by atoms with Gasteiger partial charge in [0.15, 0.2) is 0 Å². The first kappa shape index (κ1) is 12.3. The number of nitrogens with one attached hydrogen (secondary N) is 1. The summed E-state index contributed by atoms with van der Waals surface area (Å²) >= 11 is 1.63. The van der Waals surface area contributed by atoms with E-state index in [1.165, 1.54) is 0 Å². The highest BCUT2D eigenvalue weighted by Gasteiger charge is 2.31. The normalized spacial score (nSPS) is 22.3. The molecule has 0 radical (unpaired) electrons. The first-order valence-corrected chi connectivity index (χ1v) is 7.01. The number of benzene rings is 2. The molecule has 0 spiro atoms. The molecule has 4 heteroatoms. The molecule has 0 fully saturated rings. The Morgan fingerprint density at radius 2 is 1.68 bits per heavy atom. The van der Waals surface area contributed by atoms with Crippen LogP contribution in [-0.4, -0.2) is 11.9 Å². The van der Waals surface area contributed by atoms with Gasteiger partial charge in [-0.25, -0.2) is 0 Å². The average molecular weight is 270 g/mol. The molecule has 3 nitrogen and oxygen atoms in total. The predicted octanol–water partition coefficient (Wildman–Crippen LogP) is 2.80. The minimum atomic E-state index is -0.556. The van der Waals surface area contributed by atoms with Gasteiger partial charge in [0.2, 0.25) is 5.91 Å². The van der Waals surface area contributed by atoms with Crippen LogP contribution in [0.4, 0.5) is 5.69 Å². The Bertz CT molecular complexity index is 600. The molecule has 2 aromatic rings. The van der Waals surface area contributed by atoms with Crippen molar-refractivity contribution in [3.63, 3.8) is 0 Å². The Labute approximate surface area is 116 Å². The number of thioether (sulfide) groups is 1. The van der Waals surface area contributed by atoms with Gasteiger partial charge in [-0.2, -0.15) is 0 Å². The zero-order valence-electron chi connectivity index (χ0n) is 10.2. The molecular formula is C15H14N2OS. The number of nitrogens with two attached hydrogens (primary N) is 1. The zero-order chi connectivity index (χ0) is 13.2. The van der Waals surface area contributed by atoms with E-state index in [0.29, 0.717) is 0 Å². The van der Waals surface area contributed by atoms with Crippen molar-refractivity contribution in [3.05, 3.63) is 60.2 Å². The van der Waals surface area contributed by atoms with E-state index in [1.54, 1.807) is 11.8 Å². The van der Waals surface area contributed by atoms with E-state index in [2.05, 4.69) is 5.32 Å². The van der Waals surface area contributed by atoms with E-state index in [0.717, 1.165) is 16.1 Å². The smallest absolute Gasteiger partial charge is 0.242 e. The van der Waals surface area contributed by atoms with Gasteiger partial charge in [0, 0.05) is 4.90 Å². The maximum Gasteiger partial charge on any atom is 0.242 e. The standard InChI is InChI=1S/C15H14N2OS/c16-13-14(10-6-2-1-3-7-10)19-12-9-5-4-8-11(12)17-15(13)18/h1-9,13-14H,16H2,(H,17,18). The molecular weight excluding hydrogens is 256 g/mol. The van der Waals surface area contributed by atoms with E-state index < -0.39 is 6.04 Å². The molecule has 1 aliphatic rings. The van der Waals surface area contributed by atoms with Gasteiger partial charge in [0.25, 0.3) is 0 Å². The molecule has 0 saturated carbocycles. The third-order valence-electron chi connectivity index (χ3n) is 3.16. The third kappa shape index (κ3) is 2.37. The quantitative estimate of drug-likeness (QED) is 0.837. The average Bonchev–Trinajstić information content (AvgIpc) is 2.58. The Kier molecular flexibility index (Phi) is 3.27. The molecule has 0 bridgehead atoms. The minimum absolute atomic E-state index is 0.0650. The van der Waals surface area contributed by atoms with Gasteiger partial charge in [-0.15, -0.1) is 11.8 Å². The Hall–Kier alpha value is -1.78. The van der Waals surface area contributed by atoms with Crippen LogP contribution in [0.1, 0.15) is 10.8 Å². The van der Waals surface area contributed by atoms with Gasteiger partial charge in [0.05, 0.1) is 10.9 Å². The number of anilines is 1. The number of fused-ring (bicyclic) bond motifs is 1. The highest BCUT2D eigenvalue weighted by atomic mass is 32.2. The Morgan fingerprint density at radius 3 is 2.47 bits per heavy atom. The number of carbonyl (C=O) groups excluding carboxylic acids is 1. The molecule has 0 saturated heterocycles. The molecule has 0 aromatic heterocycles. The fourth-order valence-corrected chi connectivity index (χ4v) is 3.39. The summed E-state index contributed by atoms with van der Waals surface area (Å²) in [4.78, 5) is 13.2. The van der Waals surface area contributed by atoms with Crippen LogP contribution in [-0.2, 0) is 4.79 Å². The van der Waals surface area contributed by atoms with Crippen molar-refractivity contribution < 1.29 is 4.79 Å². The van der Waals surface area contributed by atoms with Crippen LogP contribution < -0.4 is 11.1 Å². The maximum atomic E-state index is 12.1. The Balaban J connectivity index is 2.03. The number of rotatable bonds is 1. The number of hydrogen-bond acceptors (Lipinski definition) is 3. The number of amides is 1. The summed E-state index contributed by atoms with van der Waals surface area (Å²) in [5.74, 6) is -0.133. The summed E-state index contributed by atoms with van der Waals surface area (Å²) in [6.45, 7) is 0. The van der Waals surface area contributed by atoms with E-state index in [4.69, 9.17) is 5.73 Å². The molecule has 2 unspecified atom stereocenters. The van der Waals surface area contributed by atoms with Crippen LogP contribution >= 0.6 is 11.8 Å². The summed E-state index contributed by atoms with van der Waals surface area (Å²) in [5, 5.41) is 2.82. The van der Waals surface area contributed by atoms with Gasteiger partial charge in [0.1, 0.15) is 6.04 Å². The van der Waals surface area contributed by atoms with Crippen LogP contribution in [0.15, 0.2) is 59.5 Å². The van der Waals surface area contributed by atoms with Crippen LogP contribution in [0.25, 0.3) is 0 Å². The molecule has 2 aromatic carbocycles. The topological polar surface area (TPSA) is 55.1 Å². The van der Waals surface area contributed by atoms with Crippen LogP contribution in [0, 0.1) is 0 Å². The Morgan fingerprint density at radius 1 is 1.00 bits per heavy atom. The van der Waals surface area contributed by atoms with Crippen molar-refractivity contribution in [3.8, 4) is 0 Å². The second kappa shape index (κ2) is 5.07. The molecule has 2 atom stereocenters. The lowest BCUT2D eigenvalue weighted by molar-refractivity contribution is -0.117. The second-order valence-corrected chi connectivity index (χ2v) is 5.64. The summed E-state index contributed by atoms with van der Waals surface area (Å²) in [6.07, 6.45) is 0. The highest BCUT2D eigenvalue weighted by molar-refractivity contribution is 7.99. The van der Waals surface area contributed by atoms with Gasteiger partial charge in [-0.05, 0) is 17.7 Å². The SMILES string of the molecule is NC1C(=O)Nc2ccccc2SC1c1ccccc1. The molecule has 19 heavy (non-hydrogen) atoms. The first-order valence-electron chi connectivity index (χ1n) is 6.13. The lowest BCUT2D eigenvalue weighted by Crippen LogP contribution is -2.38. The van der Waals surface area contributed by atoms with Gasteiger partial charge in [-0.3, -0.25) is 4.79 Å². The summed E-state index contributed by atoms with van der Waals surface area (Å²) < 4.78 is 0. The number of para-hydroxylation sites is 1. The van der Waals surface area contributed by atoms with E-state index in [9.17, 15) is 4.79 Å². The molecule has 0 aliphatic carbocycles. The van der Waals surface area contributed by atoms with Crippen molar-refractivity contribution in [1.82, 2.24) is 0 Å². The lowest BCUT2D eigenvalue weighted by atomic mass is 10.1. The van der Waals surface area contributed by atoms with Gasteiger partial charge in [-0.1, -0.05) is 42.5 Å². The molecule has 3 N–H and O–H groups in total. The predicted molar refractivity (Wildman–Crippen MR) is 78.1 cm³/mol. The van der Waals surface area contributed by atoms with Gasteiger partial charge < -0.3 is 11.1 Å². The molecule has 3 rings (SSSR count). The van der Waals surface area contributed by atoms with Crippen molar-refractivity contribution in [2.24, 2.45) is 5.73 Å². The van der Waals surface area contributed by atoms with Crippen molar-refractivity contribution in [1.29, 1.82) is 0 Å². The van der Waals surface area contributed by atoms with Crippen molar-refractivity contribution in [2.75, 3.05) is 5.32 Å². The van der Waals surface area contributed by atoms with Gasteiger partial charge >= 0.3 is 0 Å². The van der Waals surface area contributed by atoms with E-state index in [1.807, 2.05) is 54.6 Å². The fraction of sp³-hybridized carbons (Fsp3) is 0.133. The van der Waals surface area contributed by atoms with Crippen molar-refractivity contribution >= 4 is 23.4 Å². The summed E-state index contributed by atoms with van der Waals surface area (Å²) in [6, 6.07) is 17.2. The molecule has 1 amide bonds. The fourth-order valence-electron chi connectivity index (χ4n) is 2.15. The van der Waals surface area contributed by atoms with Crippen LogP contribution in [0.3, 0.4) is 0 Å². The van der Waals surface area contributed by atoms with E-state index in [-0.39, 0.29) is 11.2 Å². The monoisotopic (exact) mass is 270 g/mol. The van der Waals surface area contributed by atoms with Crippen LogP contribution in [0.5, 0.6) is 0 Å². The molecule has 96 valence electrons. The highest BCUT2D eigenvalue weighted by Crippen LogP contribution is 2.42. The largest absolute Gasteiger partial charge is 0.324 e. The van der Waals surface area contributed by atoms with E-state index >= 15 is 0 Å². The number of hydrogen-bond donors (Lipinski definition) is 2. The lowest BCUT2D eigenvalue weighted by Gasteiger charge is -2.19.